The number of ether oxygens (including phenoxy) is 1. The van der Waals surface area contributed by atoms with Crippen LogP contribution >= 0.6 is 0 Å². The summed E-state index contributed by atoms with van der Waals surface area (Å²) in [5, 5.41) is 18.7. The molecule has 1 N–H and O–H groups in total. The van der Waals surface area contributed by atoms with Crippen molar-refractivity contribution in [2.75, 3.05) is 12.4 Å². The highest BCUT2D eigenvalue weighted by molar-refractivity contribution is 5.98. The van der Waals surface area contributed by atoms with Crippen LogP contribution in [-0.2, 0) is 17.8 Å². The maximum Gasteiger partial charge on any atom is 0.340 e. The third-order valence-electron chi connectivity index (χ3n) is 6.16. The Morgan fingerprint density at radius 2 is 1.61 bits per heavy atom. The topological polar surface area (TPSA) is 111 Å². The number of nitrogens with one attached hydrogen (secondary N) is 1. The van der Waals surface area contributed by atoms with E-state index in [2.05, 4.69) is 26.0 Å². The van der Waals surface area contributed by atoms with Gasteiger partial charge in [-0.25, -0.2) is 9.48 Å². The van der Waals surface area contributed by atoms with E-state index in [0.29, 0.717) is 24.6 Å². The van der Waals surface area contributed by atoms with Crippen LogP contribution in [0.2, 0.25) is 0 Å². The number of rotatable bonds is 9. The molecule has 188 valence electrons. The molecular formula is C29H24N6O3. The van der Waals surface area contributed by atoms with Gasteiger partial charge in [-0.3, -0.25) is 0 Å². The number of nitrogens with zero attached hydrogens (tertiary/aromatic N) is 5. The molecule has 0 aliphatic rings. The van der Waals surface area contributed by atoms with E-state index in [9.17, 15) is 9.70 Å². The van der Waals surface area contributed by atoms with Crippen molar-refractivity contribution in [2.24, 2.45) is 5.18 Å². The smallest absolute Gasteiger partial charge is 0.340 e. The van der Waals surface area contributed by atoms with Crippen LogP contribution in [0, 0.1) is 4.91 Å². The number of benzene rings is 4. The number of hydrogen-bond acceptors (Lipinski definition) is 8. The van der Waals surface area contributed by atoms with Crippen LogP contribution in [0.3, 0.4) is 0 Å². The molecule has 0 radical (unpaired) electrons. The molecule has 0 fully saturated rings. The summed E-state index contributed by atoms with van der Waals surface area (Å²) in [6, 6.07) is 30.8. The maximum absolute atomic E-state index is 12.1. The lowest BCUT2D eigenvalue weighted by Gasteiger charge is -2.13. The van der Waals surface area contributed by atoms with Gasteiger partial charge in [-0.05, 0) is 50.0 Å². The molecule has 0 unspecified atom stereocenters. The first kappa shape index (κ1) is 24.5. The fraction of sp³-hybridized carbons (Fsp3) is 0.103. The Balaban J connectivity index is 1.38. The molecule has 38 heavy (non-hydrogen) atoms. The van der Waals surface area contributed by atoms with E-state index in [1.807, 2.05) is 78.9 Å². The third-order valence-corrected chi connectivity index (χ3v) is 6.16. The zero-order chi connectivity index (χ0) is 26.3. The molecule has 0 aliphatic carbocycles. The zero-order valence-corrected chi connectivity index (χ0v) is 20.6. The summed E-state index contributed by atoms with van der Waals surface area (Å²) in [6.07, 6.45) is 0. The molecule has 0 saturated heterocycles. The highest BCUT2D eigenvalue weighted by Crippen LogP contribution is 2.32. The number of carbonyl (C=O) groups excluding carboxylic acids is 1. The van der Waals surface area contributed by atoms with Crippen LogP contribution in [0.25, 0.3) is 22.5 Å². The average Bonchev–Trinajstić information content (AvgIpc) is 3.44. The second kappa shape index (κ2) is 11.3. The fourth-order valence-corrected chi connectivity index (χ4v) is 4.26. The summed E-state index contributed by atoms with van der Waals surface area (Å²) >= 11 is 0. The van der Waals surface area contributed by atoms with E-state index in [4.69, 9.17) is 4.74 Å². The SMILES string of the molecule is COC(=O)c1cccc(N=O)c1NCc1ccc(-c2ccccc2-c2nnnn2Cc2ccccc2)cc1. The molecule has 0 amide bonds. The van der Waals surface area contributed by atoms with Gasteiger partial charge in [0.05, 0.1) is 24.9 Å². The Kier molecular flexibility index (Phi) is 7.26. The van der Waals surface area contributed by atoms with Crippen LogP contribution in [0.4, 0.5) is 11.4 Å². The molecule has 9 heteroatoms. The zero-order valence-electron chi connectivity index (χ0n) is 20.6. The molecule has 0 atom stereocenters. The van der Waals surface area contributed by atoms with Crippen molar-refractivity contribution in [1.29, 1.82) is 0 Å². The molecule has 5 rings (SSSR count). The standard InChI is InChI=1S/C29H24N6O3/c1-38-29(36)25-12-7-13-26(32-37)27(25)30-18-20-14-16-22(17-15-20)23-10-5-6-11-24(23)28-31-33-34-35(28)19-21-8-3-2-4-9-21/h2-17,30H,18-19H2,1H3. The van der Waals surface area contributed by atoms with Crippen molar-refractivity contribution in [2.45, 2.75) is 13.1 Å². The highest BCUT2D eigenvalue weighted by Gasteiger charge is 2.17. The number of tetrazole rings is 1. The molecule has 0 bridgehead atoms. The Morgan fingerprint density at radius 3 is 2.34 bits per heavy atom. The predicted octanol–water partition coefficient (Wildman–Crippen LogP) is 5.85. The van der Waals surface area contributed by atoms with Gasteiger partial charge in [-0.1, -0.05) is 84.9 Å². The quantitative estimate of drug-likeness (QED) is 0.198. The Morgan fingerprint density at radius 1 is 0.868 bits per heavy atom. The number of methoxy groups -OCH3 is 1. The Hall–Kier alpha value is -5.18. The van der Waals surface area contributed by atoms with Gasteiger partial charge in [0.2, 0.25) is 0 Å². The number of hydrogen-bond donors (Lipinski definition) is 1. The number of anilines is 1. The van der Waals surface area contributed by atoms with Gasteiger partial charge in [-0.15, -0.1) is 10.0 Å². The lowest BCUT2D eigenvalue weighted by molar-refractivity contribution is 0.0602. The average molecular weight is 505 g/mol. The molecule has 9 nitrogen and oxygen atoms in total. The van der Waals surface area contributed by atoms with Crippen LogP contribution in [-0.4, -0.2) is 33.3 Å². The number of nitroso groups, excluding NO2 is 1. The molecular weight excluding hydrogens is 480 g/mol. The number of esters is 1. The van der Waals surface area contributed by atoms with Crippen molar-refractivity contribution >= 4 is 17.3 Å². The maximum atomic E-state index is 12.1. The molecule has 0 spiro atoms. The molecule has 4 aromatic carbocycles. The van der Waals surface area contributed by atoms with E-state index in [1.54, 1.807) is 22.9 Å². The van der Waals surface area contributed by atoms with Crippen molar-refractivity contribution < 1.29 is 9.53 Å². The van der Waals surface area contributed by atoms with Gasteiger partial charge in [0.25, 0.3) is 0 Å². The number of aromatic nitrogens is 4. The second-order valence-corrected chi connectivity index (χ2v) is 8.52. The van der Waals surface area contributed by atoms with E-state index < -0.39 is 5.97 Å². The minimum atomic E-state index is -0.542. The normalized spacial score (nSPS) is 10.7. The van der Waals surface area contributed by atoms with E-state index >= 15 is 0 Å². The molecule has 0 saturated carbocycles. The first-order valence-corrected chi connectivity index (χ1v) is 12.0. The van der Waals surface area contributed by atoms with E-state index in [-0.39, 0.29) is 11.3 Å². The molecule has 1 heterocycles. The minimum Gasteiger partial charge on any atom is -0.465 e. The Labute approximate surface area is 219 Å². The van der Waals surface area contributed by atoms with E-state index in [0.717, 1.165) is 27.8 Å². The van der Waals surface area contributed by atoms with Crippen molar-refractivity contribution in [3.8, 4) is 22.5 Å². The lowest BCUT2D eigenvalue weighted by atomic mass is 9.98. The summed E-state index contributed by atoms with van der Waals surface area (Å²) in [5.41, 5.74) is 5.73. The predicted molar refractivity (Wildman–Crippen MR) is 145 cm³/mol. The highest BCUT2D eigenvalue weighted by atomic mass is 16.5. The summed E-state index contributed by atoms with van der Waals surface area (Å²) in [6.45, 7) is 0.945. The van der Waals surface area contributed by atoms with Crippen LogP contribution in [0.15, 0.2) is 102 Å². The second-order valence-electron chi connectivity index (χ2n) is 8.52. The summed E-state index contributed by atoms with van der Waals surface area (Å²) < 4.78 is 6.63. The fourth-order valence-electron chi connectivity index (χ4n) is 4.26. The Bertz CT molecular complexity index is 1570. The third kappa shape index (κ3) is 5.17. The summed E-state index contributed by atoms with van der Waals surface area (Å²) in [5.74, 6) is 0.142. The monoisotopic (exact) mass is 504 g/mol. The largest absolute Gasteiger partial charge is 0.465 e. The van der Waals surface area contributed by atoms with Gasteiger partial charge in [0.15, 0.2) is 5.82 Å². The van der Waals surface area contributed by atoms with Crippen LogP contribution in [0.1, 0.15) is 21.5 Å². The van der Waals surface area contributed by atoms with Crippen LogP contribution < -0.4 is 5.32 Å². The van der Waals surface area contributed by atoms with Gasteiger partial charge >= 0.3 is 5.97 Å². The first-order chi connectivity index (χ1) is 18.7. The number of para-hydroxylation sites is 1. The minimum absolute atomic E-state index is 0.145. The molecule has 0 aliphatic heterocycles. The number of carbonyl (C=O) groups is 1. The van der Waals surface area contributed by atoms with Gasteiger partial charge in [0.1, 0.15) is 5.69 Å². The molecule has 1 aromatic heterocycles. The van der Waals surface area contributed by atoms with Gasteiger partial charge in [0, 0.05) is 12.1 Å². The van der Waals surface area contributed by atoms with Gasteiger partial charge < -0.3 is 10.1 Å². The van der Waals surface area contributed by atoms with E-state index in [1.165, 1.54) is 7.11 Å². The van der Waals surface area contributed by atoms with Crippen molar-refractivity contribution in [1.82, 2.24) is 20.2 Å². The van der Waals surface area contributed by atoms with Gasteiger partial charge in [-0.2, -0.15) is 0 Å². The lowest BCUT2D eigenvalue weighted by Crippen LogP contribution is -2.08. The van der Waals surface area contributed by atoms with Crippen molar-refractivity contribution in [3.05, 3.63) is 119 Å². The summed E-state index contributed by atoms with van der Waals surface area (Å²) in [7, 11) is 1.30. The summed E-state index contributed by atoms with van der Waals surface area (Å²) in [4.78, 5) is 23.5. The van der Waals surface area contributed by atoms with Crippen molar-refractivity contribution in [3.63, 3.8) is 0 Å². The van der Waals surface area contributed by atoms with Crippen LogP contribution in [0.5, 0.6) is 0 Å². The molecule has 5 aromatic rings. The first-order valence-electron chi connectivity index (χ1n) is 12.0.